The first kappa shape index (κ1) is 23.5. The van der Waals surface area contributed by atoms with E-state index >= 15 is 0 Å². The van der Waals surface area contributed by atoms with Crippen LogP contribution in [0.4, 0.5) is 17.1 Å². The molecule has 35 heavy (non-hydrogen) atoms. The van der Waals surface area contributed by atoms with E-state index in [0.717, 1.165) is 73.5 Å². The molecule has 0 amide bonds. The summed E-state index contributed by atoms with van der Waals surface area (Å²) < 4.78 is 0. The molecule has 184 valence electrons. The zero-order chi connectivity index (χ0) is 24.5. The molecule has 4 N–H and O–H groups in total. The summed E-state index contributed by atoms with van der Waals surface area (Å²) in [4.78, 5) is 29.5. The molecular weight excluding hydrogens is 438 g/mol. The number of hydrogen-bond donors (Lipinski definition) is 2. The molecule has 0 spiro atoms. The Balaban J connectivity index is 1.41. The van der Waals surface area contributed by atoms with Crippen LogP contribution < -0.4 is 21.3 Å². The number of rotatable bonds is 5. The Morgan fingerprint density at radius 2 is 1.89 bits per heavy atom. The number of hydrogen-bond acceptors (Lipinski definition) is 8. The van der Waals surface area contributed by atoms with Crippen molar-refractivity contribution in [2.75, 3.05) is 61.8 Å². The molecule has 0 bridgehead atoms. The van der Waals surface area contributed by atoms with Gasteiger partial charge in [0.15, 0.2) is 5.78 Å². The van der Waals surface area contributed by atoms with Crippen molar-refractivity contribution in [3.05, 3.63) is 54.0 Å². The van der Waals surface area contributed by atoms with Crippen LogP contribution in [0.25, 0.3) is 10.9 Å². The number of Topliss-reactive ketones (excluding diaryl/α,β-unsaturated/α-hetero) is 1. The lowest BCUT2D eigenvalue weighted by Crippen LogP contribution is -2.46. The third kappa shape index (κ3) is 5.09. The molecule has 5 rings (SSSR count). The number of ketones is 1. The topological polar surface area (TPSA) is 105 Å². The van der Waals surface area contributed by atoms with E-state index in [4.69, 9.17) is 16.5 Å². The number of benzene rings is 1. The van der Waals surface area contributed by atoms with Gasteiger partial charge in [0.25, 0.3) is 0 Å². The fourth-order valence-corrected chi connectivity index (χ4v) is 5.37. The number of pyridine rings is 2. The number of nitrogen functional groups attached to an aromatic ring is 1. The highest BCUT2D eigenvalue weighted by molar-refractivity contribution is 6.03. The average Bonchev–Trinajstić information content (AvgIpc) is 2.83. The largest absolute Gasteiger partial charge is 0.397 e. The minimum Gasteiger partial charge on any atom is -0.397 e. The molecule has 2 aliphatic rings. The Hall–Kier alpha value is -3.23. The molecule has 2 fully saturated rings. The number of nitrogens with two attached hydrogens (primary N) is 2. The smallest absolute Gasteiger partial charge is 0.187 e. The summed E-state index contributed by atoms with van der Waals surface area (Å²) in [7, 11) is 2.15. The SMILES string of the molecule is C[C@@H]1C[C@H](N)CN(c2ccncc2CC(=O)c2nc3cc(N4CCN(C)CC4)ccc3cc2N)C1. The van der Waals surface area contributed by atoms with Crippen molar-refractivity contribution in [2.24, 2.45) is 11.7 Å². The number of carbonyl (C=O) groups is 1. The molecule has 0 radical (unpaired) electrons. The van der Waals surface area contributed by atoms with Crippen LogP contribution in [0, 0.1) is 5.92 Å². The van der Waals surface area contributed by atoms with Crippen LogP contribution in [0.5, 0.6) is 0 Å². The van der Waals surface area contributed by atoms with Gasteiger partial charge in [0.05, 0.1) is 11.2 Å². The quantitative estimate of drug-likeness (QED) is 0.545. The van der Waals surface area contributed by atoms with Gasteiger partial charge < -0.3 is 26.2 Å². The zero-order valence-electron chi connectivity index (χ0n) is 20.7. The van der Waals surface area contributed by atoms with Crippen LogP contribution in [0.2, 0.25) is 0 Å². The van der Waals surface area contributed by atoms with E-state index in [1.807, 2.05) is 18.2 Å². The minimum absolute atomic E-state index is 0.0991. The third-order valence-electron chi connectivity index (χ3n) is 7.22. The number of carbonyl (C=O) groups excluding carboxylic acids is 1. The number of piperidine rings is 1. The van der Waals surface area contributed by atoms with Gasteiger partial charge in [0.2, 0.25) is 0 Å². The number of anilines is 3. The standard InChI is InChI=1S/C27H35N7O/c1-18-11-21(28)17-34(16-18)25-5-6-30-15-20(25)13-26(35)27-23(29)12-19-3-4-22(14-24(19)31-27)33-9-7-32(2)8-10-33/h3-6,12,14-15,18,21H,7-11,13,16-17,28-29H2,1-2H3/t18-,21+/m1/s1. The Morgan fingerprint density at radius 1 is 1.09 bits per heavy atom. The van der Waals surface area contributed by atoms with E-state index in [2.05, 4.69) is 45.8 Å². The number of aromatic nitrogens is 2. The van der Waals surface area contributed by atoms with Gasteiger partial charge in [-0.25, -0.2) is 4.98 Å². The fourth-order valence-electron chi connectivity index (χ4n) is 5.37. The van der Waals surface area contributed by atoms with Gasteiger partial charge in [-0.1, -0.05) is 13.0 Å². The molecule has 4 heterocycles. The monoisotopic (exact) mass is 473 g/mol. The summed E-state index contributed by atoms with van der Waals surface area (Å²) in [6.07, 6.45) is 4.77. The predicted molar refractivity (Wildman–Crippen MR) is 142 cm³/mol. The first-order valence-electron chi connectivity index (χ1n) is 12.5. The number of likely N-dealkylation sites (N-methyl/N-ethyl adjacent to an activating group) is 1. The molecule has 1 aromatic carbocycles. The van der Waals surface area contributed by atoms with E-state index in [1.54, 1.807) is 12.4 Å². The lowest BCUT2D eigenvalue weighted by Gasteiger charge is -2.37. The lowest BCUT2D eigenvalue weighted by molar-refractivity contribution is 0.0989. The molecule has 2 aromatic heterocycles. The van der Waals surface area contributed by atoms with Crippen LogP contribution in [0.1, 0.15) is 29.4 Å². The molecule has 8 heteroatoms. The van der Waals surface area contributed by atoms with Crippen molar-refractivity contribution >= 4 is 33.7 Å². The highest BCUT2D eigenvalue weighted by Crippen LogP contribution is 2.28. The first-order chi connectivity index (χ1) is 16.9. The van der Waals surface area contributed by atoms with Gasteiger partial charge in [-0.2, -0.15) is 0 Å². The second-order valence-electron chi connectivity index (χ2n) is 10.2. The van der Waals surface area contributed by atoms with E-state index < -0.39 is 0 Å². The zero-order valence-corrected chi connectivity index (χ0v) is 20.7. The maximum atomic E-state index is 13.4. The summed E-state index contributed by atoms with van der Waals surface area (Å²) in [6, 6.07) is 10.2. The maximum Gasteiger partial charge on any atom is 0.187 e. The molecule has 8 nitrogen and oxygen atoms in total. The van der Waals surface area contributed by atoms with E-state index in [9.17, 15) is 4.79 Å². The molecule has 2 atom stereocenters. The van der Waals surface area contributed by atoms with Crippen LogP contribution in [-0.2, 0) is 6.42 Å². The Morgan fingerprint density at radius 3 is 2.66 bits per heavy atom. The molecule has 2 aliphatic heterocycles. The van der Waals surface area contributed by atoms with Gasteiger partial charge in [0.1, 0.15) is 5.69 Å². The molecule has 0 saturated carbocycles. The van der Waals surface area contributed by atoms with E-state index in [1.165, 1.54) is 0 Å². The summed E-state index contributed by atoms with van der Waals surface area (Å²) in [5, 5.41) is 0.940. The van der Waals surface area contributed by atoms with Crippen molar-refractivity contribution in [1.29, 1.82) is 0 Å². The predicted octanol–water partition coefficient (Wildman–Crippen LogP) is 2.56. The van der Waals surface area contributed by atoms with Gasteiger partial charge in [-0.05, 0) is 43.7 Å². The van der Waals surface area contributed by atoms with Crippen LogP contribution in [0.15, 0.2) is 42.7 Å². The molecule has 2 saturated heterocycles. The van der Waals surface area contributed by atoms with Crippen molar-refractivity contribution < 1.29 is 4.79 Å². The summed E-state index contributed by atoms with van der Waals surface area (Å²) in [6.45, 7) is 7.94. The fraction of sp³-hybridized carbons (Fsp3) is 0.444. The third-order valence-corrected chi connectivity index (χ3v) is 7.22. The van der Waals surface area contributed by atoms with Gasteiger partial charge in [-0.15, -0.1) is 0 Å². The number of piperazine rings is 1. The Labute approximate surface area is 206 Å². The highest BCUT2D eigenvalue weighted by atomic mass is 16.1. The molecule has 0 aliphatic carbocycles. The average molecular weight is 474 g/mol. The van der Waals surface area contributed by atoms with Crippen LogP contribution in [-0.4, -0.2) is 73.0 Å². The molecule has 0 unspecified atom stereocenters. The summed E-state index contributed by atoms with van der Waals surface area (Å²) >= 11 is 0. The van der Waals surface area contributed by atoms with Crippen molar-refractivity contribution in [3.8, 4) is 0 Å². The number of fused-ring (bicyclic) bond motifs is 1. The number of nitrogens with zero attached hydrogens (tertiary/aromatic N) is 5. The van der Waals surface area contributed by atoms with Crippen molar-refractivity contribution in [3.63, 3.8) is 0 Å². The van der Waals surface area contributed by atoms with Crippen molar-refractivity contribution in [1.82, 2.24) is 14.9 Å². The summed E-state index contributed by atoms with van der Waals surface area (Å²) in [5.41, 5.74) is 17.2. The van der Waals surface area contributed by atoms with Crippen LogP contribution >= 0.6 is 0 Å². The molecule has 3 aromatic rings. The highest BCUT2D eigenvalue weighted by Gasteiger charge is 2.25. The minimum atomic E-state index is -0.0991. The first-order valence-corrected chi connectivity index (χ1v) is 12.5. The second kappa shape index (κ2) is 9.79. The maximum absolute atomic E-state index is 13.4. The summed E-state index contributed by atoms with van der Waals surface area (Å²) in [5.74, 6) is 0.403. The normalized spacial score (nSPS) is 21.5. The van der Waals surface area contributed by atoms with Gasteiger partial charge in [0, 0.05) is 86.4 Å². The Kier molecular flexibility index (Phi) is 6.58. The Bertz CT molecular complexity index is 1210. The van der Waals surface area contributed by atoms with Gasteiger partial charge in [-0.3, -0.25) is 9.78 Å². The van der Waals surface area contributed by atoms with E-state index in [0.29, 0.717) is 17.3 Å². The van der Waals surface area contributed by atoms with E-state index in [-0.39, 0.29) is 18.2 Å². The van der Waals surface area contributed by atoms with Gasteiger partial charge >= 0.3 is 0 Å². The van der Waals surface area contributed by atoms with Crippen LogP contribution in [0.3, 0.4) is 0 Å². The lowest BCUT2D eigenvalue weighted by atomic mass is 9.95. The molecular formula is C27H35N7O. The van der Waals surface area contributed by atoms with Crippen molar-refractivity contribution in [2.45, 2.75) is 25.8 Å². The second-order valence-corrected chi connectivity index (χ2v) is 10.2.